The zero-order chi connectivity index (χ0) is 14.6. The minimum absolute atomic E-state index is 0. The van der Waals surface area contributed by atoms with Crippen LogP contribution < -0.4 is 5.73 Å². The Kier molecular flexibility index (Phi) is 3.75. The van der Waals surface area contributed by atoms with Crippen LogP contribution in [0.1, 0.15) is 23.4 Å². The normalized spacial score (nSPS) is 13.2. The van der Waals surface area contributed by atoms with E-state index in [9.17, 15) is 0 Å². The first-order chi connectivity index (χ1) is 10.1. The smallest absolute Gasteiger partial charge is 0.150 e. The molecule has 0 aliphatic heterocycles. The largest absolute Gasteiger partial charge is 0.382 e. The molecule has 22 heavy (non-hydrogen) atoms. The first kappa shape index (κ1) is 15.1. The molecule has 0 saturated heterocycles. The van der Waals surface area contributed by atoms with Gasteiger partial charge in [0.1, 0.15) is 28.0 Å². The van der Waals surface area contributed by atoms with Gasteiger partial charge in [-0.2, -0.15) is 0 Å². The molecular formula is C16H16Cl2N4. The van der Waals surface area contributed by atoms with E-state index in [1.165, 1.54) is 24.0 Å². The third-order valence-electron chi connectivity index (χ3n) is 4.18. The molecule has 1 aromatic carbocycles. The maximum absolute atomic E-state index is 6.23. The molecule has 0 atom stereocenters. The van der Waals surface area contributed by atoms with Crippen molar-refractivity contribution in [3.63, 3.8) is 0 Å². The Bertz CT molecular complexity index is 870. The fourth-order valence-electron chi connectivity index (χ4n) is 3.19. The highest BCUT2D eigenvalue weighted by atomic mass is 35.5. The number of imidazole rings is 1. The van der Waals surface area contributed by atoms with E-state index in [0.29, 0.717) is 11.0 Å². The molecule has 114 valence electrons. The minimum Gasteiger partial charge on any atom is -0.382 e. The third kappa shape index (κ3) is 2.14. The average molecular weight is 335 g/mol. The van der Waals surface area contributed by atoms with Crippen molar-refractivity contribution in [1.29, 1.82) is 0 Å². The highest BCUT2D eigenvalue weighted by Crippen LogP contribution is 2.33. The Hall–Kier alpha value is -1.78. The van der Waals surface area contributed by atoms with Gasteiger partial charge in [0.05, 0.1) is 6.20 Å². The predicted molar refractivity (Wildman–Crippen MR) is 91.9 cm³/mol. The van der Waals surface area contributed by atoms with Gasteiger partial charge in [-0.25, -0.2) is 9.97 Å². The molecule has 4 nitrogen and oxygen atoms in total. The second-order valence-corrected chi connectivity index (χ2v) is 5.88. The first-order valence-electron chi connectivity index (χ1n) is 7.06. The van der Waals surface area contributed by atoms with Crippen molar-refractivity contribution in [2.75, 3.05) is 5.73 Å². The van der Waals surface area contributed by atoms with E-state index in [-0.39, 0.29) is 12.4 Å². The average Bonchev–Trinajstić information content (AvgIpc) is 3.07. The van der Waals surface area contributed by atoms with Crippen LogP contribution in [-0.4, -0.2) is 14.4 Å². The molecular weight excluding hydrogens is 319 g/mol. The molecule has 2 aromatic heterocycles. The van der Waals surface area contributed by atoms with Crippen LogP contribution in [0.25, 0.3) is 16.8 Å². The fraction of sp³-hybridized carbons (Fsp3) is 0.250. The Morgan fingerprint density at radius 3 is 2.82 bits per heavy atom. The molecule has 0 fully saturated rings. The van der Waals surface area contributed by atoms with Crippen molar-refractivity contribution < 1.29 is 0 Å². The van der Waals surface area contributed by atoms with E-state index < -0.39 is 0 Å². The van der Waals surface area contributed by atoms with E-state index in [1.54, 1.807) is 6.20 Å². The van der Waals surface area contributed by atoms with Gasteiger partial charge in [0.15, 0.2) is 0 Å². The maximum atomic E-state index is 6.23. The summed E-state index contributed by atoms with van der Waals surface area (Å²) in [4.78, 5) is 8.83. The van der Waals surface area contributed by atoms with Gasteiger partial charge in [-0.3, -0.25) is 4.40 Å². The van der Waals surface area contributed by atoms with Crippen LogP contribution in [0.5, 0.6) is 0 Å². The molecule has 1 aliphatic carbocycles. The Morgan fingerprint density at radius 2 is 2.00 bits per heavy atom. The summed E-state index contributed by atoms with van der Waals surface area (Å²) in [7, 11) is 0. The topological polar surface area (TPSA) is 56.2 Å². The number of nitrogen functional groups attached to an aromatic ring is 1. The van der Waals surface area contributed by atoms with Crippen molar-refractivity contribution >= 4 is 35.3 Å². The zero-order valence-electron chi connectivity index (χ0n) is 12.1. The van der Waals surface area contributed by atoms with E-state index in [2.05, 4.69) is 28.2 Å². The summed E-state index contributed by atoms with van der Waals surface area (Å²) in [6.07, 6.45) is 5.11. The lowest BCUT2D eigenvalue weighted by atomic mass is 10.0. The summed E-state index contributed by atoms with van der Waals surface area (Å²) in [5.41, 5.74) is 11.6. The number of hydrogen-bond donors (Lipinski definition) is 1. The van der Waals surface area contributed by atoms with Crippen molar-refractivity contribution in [2.45, 2.75) is 26.2 Å². The van der Waals surface area contributed by atoms with Gasteiger partial charge in [0.2, 0.25) is 0 Å². The van der Waals surface area contributed by atoms with Crippen LogP contribution >= 0.6 is 24.0 Å². The van der Waals surface area contributed by atoms with Crippen molar-refractivity contribution in [2.24, 2.45) is 0 Å². The van der Waals surface area contributed by atoms with Gasteiger partial charge in [-0.1, -0.05) is 23.7 Å². The fourth-order valence-corrected chi connectivity index (χ4v) is 3.45. The van der Waals surface area contributed by atoms with Crippen LogP contribution in [0, 0.1) is 6.92 Å². The monoisotopic (exact) mass is 334 g/mol. The number of aromatic nitrogens is 3. The lowest BCUT2D eigenvalue weighted by Crippen LogP contribution is -1.98. The van der Waals surface area contributed by atoms with Gasteiger partial charge in [-0.15, -0.1) is 12.4 Å². The Balaban J connectivity index is 0.00000144. The summed E-state index contributed by atoms with van der Waals surface area (Å²) in [5.74, 6) is 1.27. The molecule has 2 heterocycles. The second-order valence-electron chi connectivity index (χ2n) is 5.49. The lowest BCUT2D eigenvalue weighted by molar-refractivity contribution is 0.912. The summed E-state index contributed by atoms with van der Waals surface area (Å²) in [6, 6.07) is 6.54. The molecule has 0 bridgehead atoms. The minimum atomic E-state index is 0. The van der Waals surface area contributed by atoms with Gasteiger partial charge in [0.25, 0.3) is 0 Å². The number of hydrogen-bond acceptors (Lipinski definition) is 3. The van der Waals surface area contributed by atoms with Crippen LogP contribution in [-0.2, 0) is 12.8 Å². The van der Waals surface area contributed by atoms with Gasteiger partial charge in [-0.05, 0) is 43.4 Å². The summed E-state index contributed by atoms with van der Waals surface area (Å²) in [6.45, 7) is 1.93. The molecule has 0 radical (unpaired) electrons. The molecule has 4 rings (SSSR count). The number of aryl methyl sites for hydroxylation is 3. The molecule has 3 aromatic rings. The molecule has 1 aliphatic rings. The van der Waals surface area contributed by atoms with E-state index >= 15 is 0 Å². The summed E-state index contributed by atoms with van der Waals surface area (Å²) in [5, 5.41) is 0.525. The number of halogens is 2. The predicted octanol–water partition coefficient (Wildman–Crippen LogP) is 3.85. The first-order valence-corrected chi connectivity index (χ1v) is 7.44. The number of anilines is 1. The van der Waals surface area contributed by atoms with Gasteiger partial charge >= 0.3 is 0 Å². The molecule has 2 N–H and O–H groups in total. The van der Waals surface area contributed by atoms with Crippen LogP contribution in [0.4, 0.5) is 5.82 Å². The number of benzene rings is 1. The molecule has 0 unspecified atom stereocenters. The van der Waals surface area contributed by atoms with Crippen molar-refractivity contribution in [3.8, 4) is 11.3 Å². The molecule has 0 saturated carbocycles. The highest BCUT2D eigenvalue weighted by molar-refractivity contribution is 6.29. The van der Waals surface area contributed by atoms with Crippen molar-refractivity contribution in [1.82, 2.24) is 14.4 Å². The third-order valence-corrected chi connectivity index (χ3v) is 4.45. The molecule has 0 spiro atoms. The number of nitrogens with two attached hydrogens (primary N) is 1. The van der Waals surface area contributed by atoms with Crippen molar-refractivity contribution in [3.05, 3.63) is 46.5 Å². The standard InChI is InChI=1S/C16H15ClN4.ClH/c1-9-20-14(15-16(18)19-8-13(17)21(9)15)12-6-5-10-3-2-4-11(10)7-12;/h5-8H,2-4H2,1H3,(H2,18,19);1H. The van der Waals surface area contributed by atoms with E-state index in [0.717, 1.165) is 29.0 Å². The maximum Gasteiger partial charge on any atom is 0.150 e. The lowest BCUT2D eigenvalue weighted by Gasteiger charge is -2.05. The second kappa shape index (κ2) is 5.45. The Morgan fingerprint density at radius 1 is 1.23 bits per heavy atom. The highest BCUT2D eigenvalue weighted by Gasteiger charge is 2.18. The Labute approximate surface area is 139 Å². The van der Waals surface area contributed by atoms with E-state index in [1.807, 2.05) is 11.3 Å². The van der Waals surface area contributed by atoms with E-state index in [4.69, 9.17) is 17.3 Å². The quantitative estimate of drug-likeness (QED) is 0.735. The summed E-state index contributed by atoms with van der Waals surface area (Å²) >= 11 is 6.23. The molecule has 0 amide bonds. The van der Waals surface area contributed by atoms with Crippen LogP contribution in [0.3, 0.4) is 0 Å². The number of rotatable bonds is 1. The number of fused-ring (bicyclic) bond motifs is 2. The van der Waals surface area contributed by atoms with Gasteiger partial charge in [0, 0.05) is 5.56 Å². The van der Waals surface area contributed by atoms with Gasteiger partial charge < -0.3 is 5.73 Å². The van der Waals surface area contributed by atoms with Crippen LogP contribution in [0.2, 0.25) is 5.15 Å². The summed E-state index contributed by atoms with van der Waals surface area (Å²) < 4.78 is 1.85. The molecule has 6 heteroatoms. The SMILES string of the molecule is Cc1nc(-c2ccc3c(c2)CCC3)c2c(N)ncc(Cl)n12.Cl. The number of nitrogens with zero attached hydrogens (tertiary/aromatic N) is 3. The zero-order valence-corrected chi connectivity index (χ0v) is 13.7. The van der Waals surface area contributed by atoms with Crippen LogP contribution in [0.15, 0.2) is 24.4 Å².